The van der Waals surface area contributed by atoms with Crippen molar-refractivity contribution in [3.8, 4) is 0 Å². The first-order valence-corrected chi connectivity index (χ1v) is 12.1. The number of nitrogens with one attached hydrogen (secondary N) is 1. The molecule has 0 radical (unpaired) electrons. The molecule has 9 heteroatoms. The van der Waals surface area contributed by atoms with E-state index in [2.05, 4.69) is 22.1 Å². The van der Waals surface area contributed by atoms with Crippen molar-refractivity contribution in [1.29, 1.82) is 0 Å². The number of nitrogens with two attached hydrogens (primary N) is 1. The van der Waals surface area contributed by atoms with Crippen LogP contribution in [0, 0.1) is 5.92 Å². The number of aromatic amines is 1. The van der Waals surface area contributed by atoms with E-state index in [9.17, 15) is 8.42 Å². The molecule has 1 unspecified atom stereocenters. The molecular formula is C22H27N6O2S+. The zero-order valence-corrected chi connectivity index (χ0v) is 18.5. The predicted molar refractivity (Wildman–Crippen MR) is 122 cm³/mol. The van der Waals surface area contributed by atoms with Crippen LogP contribution < -0.4 is 5.84 Å². The van der Waals surface area contributed by atoms with Gasteiger partial charge in [-0.3, -0.25) is 4.99 Å². The number of nitrogens with zero attached hydrogens (tertiary/aromatic N) is 4. The number of amidine groups is 1. The minimum Gasteiger partial charge on any atom is -0.349 e. The summed E-state index contributed by atoms with van der Waals surface area (Å²) in [6, 6.07) is 10.2. The number of benzene rings is 1. The monoisotopic (exact) mass is 439 g/mol. The highest BCUT2D eigenvalue weighted by Crippen LogP contribution is 2.38. The van der Waals surface area contributed by atoms with Gasteiger partial charge in [-0.25, -0.2) is 12.7 Å². The summed E-state index contributed by atoms with van der Waals surface area (Å²) in [5.41, 5.74) is 3.66. The fourth-order valence-corrected chi connectivity index (χ4v) is 5.88. The number of hydrogen-bond donors (Lipinski definition) is 2. The zero-order chi connectivity index (χ0) is 21.8. The van der Waals surface area contributed by atoms with Gasteiger partial charge in [-0.05, 0) is 38.8 Å². The van der Waals surface area contributed by atoms with E-state index in [0.717, 1.165) is 33.8 Å². The molecule has 162 valence electrons. The van der Waals surface area contributed by atoms with Crippen LogP contribution in [0.25, 0.3) is 10.9 Å². The lowest BCUT2D eigenvalue weighted by Crippen LogP contribution is -2.53. The number of sulfonamides is 1. The molecule has 5 rings (SSSR count). The van der Waals surface area contributed by atoms with Crippen molar-refractivity contribution >= 4 is 33.0 Å². The minimum absolute atomic E-state index is 0.0316. The lowest BCUT2D eigenvalue weighted by atomic mass is 9.93. The molecule has 1 fully saturated rings. The molecule has 0 amide bonds. The van der Waals surface area contributed by atoms with Crippen molar-refractivity contribution in [2.45, 2.75) is 31.9 Å². The van der Waals surface area contributed by atoms with Gasteiger partial charge in [0.2, 0.25) is 15.7 Å². The molecule has 4 heterocycles. The number of hydrogen-bond acceptors (Lipinski definition) is 5. The summed E-state index contributed by atoms with van der Waals surface area (Å²) in [6.45, 7) is 4.45. The van der Waals surface area contributed by atoms with Gasteiger partial charge < -0.3 is 4.98 Å². The van der Waals surface area contributed by atoms with E-state index in [-0.39, 0.29) is 10.5 Å². The number of piperidine rings is 1. The molecule has 3 aliphatic heterocycles. The predicted octanol–water partition coefficient (Wildman–Crippen LogP) is 2.84. The molecule has 0 aliphatic carbocycles. The van der Waals surface area contributed by atoms with E-state index < -0.39 is 15.3 Å². The normalized spacial score (nSPS) is 25.0. The summed E-state index contributed by atoms with van der Waals surface area (Å²) in [7, 11) is -3.24. The van der Waals surface area contributed by atoms with Crippen molar-refractivity contribution in [3.63, 3.8) is 0 Å². The van der Waals surface area contributed by atoms with E-state index in [1.54, 1.807) is 30.6 Å². The second-order valence-electron chi connectivity index (χ2n) is 8.60. The van der Waals surface area contributed by atoms with Crippen LogP contribution in [0.2, 0.25) is 0 Å². The average Bonchev–Trinajstić information content (AvgIpc) is 3.32. The van der Waals surface area contributed by atoms with Crippen LogP contribution in [-0.2, 0) is 10.0 Å². The number of H-pyrrole nitrogens is 1. The quantitative estimate of drug-likeness (QED) is 0.565. The second-order valence-corrected chi connectivity index (χ2v) is 11.1. The minimum atomic E-state index is -3.24. The molecule has 8 nitrogen and oxygen atoms in total. The Labute approximate surface area is 182 Å². The Morgan fingerprint density at radius 1 is 1.23 bits per heavy atom. The van der Waals surface area contributed by atoms with Gasteiger partial charge in [0.1, 0.15) is 17.6 Å². The van der Waals surface area contributed by atoms with Crippen LogP contribution in [0.3, 0.4) is 0 Å². The Kier molecular flexibility index (Phi) is 4.74. The summed E-state index contributed by atoms with van der Waals surface area (Å²) >= 11 is 0. The Bertz CT molecular complexity index is 1230. The third-order valence-electron chi connectivity index (χ3n) is 6.39. The molecular weight excluding hydrogens is 412 g/mol. The van der Waals surface area contributed by atoms with Crippen molar-refractivity contribution in [2.24, 2.45) is 21.7 Å². The standard InChI is InChI=1S/C22H27N6O2S/c1-15(2)31(29,30)27-10-7-16(8-11-27)21-20-14-24-9-12-28(20,23)22(26-21)19-13-17-5-3-4-6-18(17)25-19/h3-6,9,12-16,25H,7-8,10-11,23H2,1-2H3/q+1. The van der Waals surface area contributed by atoms with E-state index in [4.69, 9.17) is 10.8 Å². The number of quaternary nitrogens is 1. The highest BCUT2D eigenvalue weighted by Gasteiger charge is 2.47. The van der Waals surface area contributed by atoms with Crippen molar-refractivity contribution < 1.29 is 13.0 Å². The topological polar surface area (TPSA) is 104 Å². The van der Waals surface area contributed by atoms with E-state index >= 15 is 0 Å². The maximum Gasteiger partial charge on any atom is 0.281 e. The molecule has 1 aromatic heterocycles. The molecule has 0 spiro atoms. The summed E-state index contributed by atoms with van der Waals surface area (Å²) in [4.78, 5) is 12.8. The van der Waals surface area contributed by atoms with Crippen LogP contribution in [-0.4, -0.2) is 52.7 Å². The lowest BCUT2D eigenvalue weighted by Gasteiger charge is -2.32. The maximum absolute atomic E-state index is 12.5. The van der Waals surface area contributed by atoms with Gasteiger partial charge in [-0.1, -0.05) is 18.2 Å². The Balaban J connectivity index is 1.49. The van der Waals surface area contributed by atoms with Crippen LogP contribution in [0.15, 0.2) is 64.1 Å². The second kappa shape index (κ2) is 7.23. The largest absolute Gasteiger partial charge is 0.349 e. The van der Waals surface area contributed by atoms with Gasteiger partial charge in [0.25, 0.3) is 5.84 Å². The van der Waals surface area contributed by atoms with E-state index in [0.29, 0.717) is 25.9 Å². The fraction of sp³-hybridized carbons (Fsp3) is 0.364. The first-order chi connectivity index (χ1) is 14.8. The Morgan fingerprint density at radius 2 is 1.97 bits per heavy atom. The molecule has 3 N–H and O–H groups in total. The van der Waals surface area contributed by atoms with Crippen LogP contribution in [0.4, 0.5) is 0 Å². The number of aromatic nitrogens is 1. The highest BCUT2D eigenvalue weighted by molar-refractivity contribution is 7.89. The molecule has 1 saturated heterocycles. The van der Waals surface area contributed by atoms with Gasteiger partial charge in [-0.15, -0.1) is 4.59 Å². The maximum atomic E-state index is 12.5. The van der Waals surface area contributed by atoms with Crippen LogP contribution >= 0.6 is 0 Å². The summed E-state index contributed by atoms with van der Waals surface area (Å²) in [5.74, 6) is 7.70. The third-order valence-corrected chi connectivity index (χ3v) is 8.67. The molecule has 0 saturated carbocycles. The molecule has 1 atom stereocenters. The van der Waals surface area contributed by atoms with Crippen molar-refractivity contribution in [2.75, 3.05) is 13.1 Å². The van der Waals surface area contributed by atoms with Gasteiger partial charge in [-0.2, -0.15) is 10.8 Å². The Morgan fingerprint density at radius 3 is 2.68 bits per heavy atom. The molecule has 1 aromatic carbocycles. The number of fused-ring (bicyclic) bond motifs is 2. The summed E-state index contributed by atoms with van der Waals surface area (Å²) < 4.78 is 26.7. The first-order valence-electron chi connectivity index (χ1n) is 10.6. The molecule has 31 heavy (non-hydrogen) atoms. The smallest absolute Gasteiger partial charge is 0.281 e. The summed E-state index contributed by atoms with van der Waals surface area (Å²) in [6.07, 6.45) is 6.75. The van der Waals surface area contributed by atoms with Crippen molar-refractivity contribution in [1.82, 2.24) is 9.29 Å². The van der Waals surface area contributed by atoms with Gasteiger partial charge >= 0.3 is 0 Å². The number of aliphatic imine (C=N–C) groups is 2. The van der Waals surface area contributed by atoms with E-state index in [1.807, 2.05) is 24.4 Å². The van der Waals surface area contributed by atoms with Crippen molar-refractivity contribution in [3.05, 3.63) is 59.8 Å². The third kappa shape index (κ3) is 3.20. The highest BCUT2D eigenvalue weighted by atomic mass is 32.2. The van der Waals surface area contributed by atoms with Gasteiger partial charge in [0, 0.05) is 29.9 Å². The fourth-order valence-electron chi connectivity index (χ4n) is 4.56. The van der Waals surface area contributed by atoms with Crippen LogP contribution in [0.1, 0.15) is 32.4 Å². The Hall–Kier alpha value is -2.59. The molecule has 3 aliphatic rings. The van der Waals surface area contributed by atoms with Crippen LogP contribution in [0.5, 0.6) is 0 Å². The first kappa shape index (κ1) is 20.3. The molecule has 0 bridgehead atoms. The van der Waals surface area contributed by atoms with Gasteiger partial charge in [0.15, 0.2) is 0 Å². The van der Waals surface area contributed by atoms with Gasteiger partial charge in [0.05, 0.1) is 17.7 Å². The number of allylic oxidation sites excluding steroid dienone is 2. The zero-order valence-electron chi connectivity index (χ0n) is 17.7. The van der Waals surface area contributed by atoms with E-state index in [1.165, 1.54) is 0 Å². The summed E-state index contributed by atoms with van der Waals surface area (Å²) in [5, 5.41) is 0.692. The SMILES string of the molecule is CC(C)S(=O)(=O)N1CCC(C2=C3C=NC=C[N+]3(N)C(c3cc4ccccc4[nH]3)=N2)CC1. The lowest BCUT2D eigenvalue weighted by molar-refractivity contribution is -0.750. The molecule has 2 aromatic rings. The number of para-hydroxylation sites is 1. The average molecular weight is 440 g/mol. The number of rotatable bonds is 4.